The van der Waals surface area contributed by atoms with Gasteiger partial charge in [-0.2, -0.15) is 10.5 Å². The van der Waals surface area contributed by atoms with Crippen molar-refractivity contribution in [3.05, 3.63) is 113 Å². The van der Waals surface area contributed by atoms with Gasteiger partial charge >= 0.3 is 0 Å². The van der Waals surface area contributed by atoms with Gasteiger partial charge in [0.25, 0.3) is 0 Å². The van der Waals surface area contributed by atoms with Crippen molar-refractivity contribution in [1.82, 2.24) is 0 Å². The summed E-state index contributed by atoms with van der Waals surface area (Å²) in [4.78, 5) is 13.7. The van der Waals surface area contributed by atoms with E-state index in [1.54, 1.807) is 13.8 Å². The Morgan fingerprint density at radius 3 is 2.14 bits per heavy atom. The third-order valence-corrected chi connectivity index (χ3v) is 9.41. The third-order valence-electron chi connectivity index (χ3n) is 7.24. The first-order valence-electron chi connectivity index (χ1n) is 13.4. The highest BCUT2D eigenvalue weighted by Gasteiger charge is 2.42. The molecule has 2 N–H and O–H groups in total. The molecule has 4 aromatic carbocycles. The number of rotatable bonds is 7. The maximum Gasteiger partial charge on any atom is 0.193 e. The van der Waals surface area contributed by atoms with Crippen molar-refractivity contribution >= 4 is 15.4 Å². The molecular weight excluding hydrogens is 590 g/mol. The molecular formula is C33H26F2N2O6S. The highest BCUT2D eigenvalue weighted by molar-refractivity contribution is 8.10. The molecule has 0 aliphatic carbocycles. The molecule has 5 rings (SSSR count). The second-order valence-electron chi connectivity index (χ2n) is 10.8. The largest absolute Gasteiger partial charge is 0.348 e. The monoisotopic (exact) mass is 616 g/mol. The van der Waals surface area contributed by atoms with Gasteiger partial charge < -0.3 is 18.6 Å². The zero-order valence-electron chi connectivity index (χ0n) is 23.6. The van der Waals surface area contributed by atoms with Gasteiger partial charge in [0.1, 0.15) is 33.4 Å². The Labute approximate surface area is 252 Å². The molecule has 1 aliphatic rings. The zero-order valence-corrected chi connectivity index (χ0v) is 24.4. The van der Waals surface area contributed by atoms with Gasteiger partial charge in [0.05, 0.1) is 34.5 Å². The maximum absolute atomic E-state index is 14.6. The molecule has 0 aromatic heterocycles. The van der Waals surface area contributed by atoms with E-state index in [9.17, 15) is 37.4 Å². The van der Waals surface area contributed by atoms with E-state index in [-0.39, 0.29) is 51.1 Å². The minimum Gasteiger partial charge on any atom is -0.348 e. The van der Waals surface area contributed by atoms with Crippen molar-refractivity contribution in [2.24, 2.45) is 0 Å². The van der Waals surface area contributed by atoms with Crippen LogP contribution in [0.3, 0.4) is 0 Å². The molecule has 4 aromatic rings. The lowest BCUT2D eigenvalue weighted by Gasteiger charge is -2.33. The summed E-state index contributed by atoms with van der Waals surface area (Å²) in [6.07, 6.45) is -0.903. The van der Waals surface area contributed by atoms with E-state index in [4.69, 9.17) is 9.47 Å². The molecule has 1 heterocycles. The van der Waals surface area contributed by atoms with Crippen molar-refractivity contribution in [2.75, 3.05) is 12.4 Å². The molecule has 1 fully saturated rings. The first kappa shape index (κ1) is 30.8. The third kappa shape index (κ3) is 5.92. The highest BCUT2D eigenvalue weighted by Crippen LogP contribution is 2.37. The minimum absolute atomic E-state index is 0.0307. The van der Waals surface area contributed by atoms with Crippen LogP contribution in [-0.4, -0.2) is 43.3 Å². The summed E-state index contributed by atoms with van der Waals surface area (Å²) in [5.74, 6) is -4.00. The molecule has 0 amide bonds. The van der Waals surface area contributed by atoms with E-state index >= 15 is 0 Å². The number of halogens is 2. The fourth-order valence-corrected chi connectivity index (χ4v) is 6.94. The van der Waals surface area contributed by atoms with Crippen molar-refractivity contribution in [3.8, 4) is 34.4 Å². The van der Waals surface area contributed by atoms with Crippen molar-refractivity contribution < 1.29 is 36.4 Å². The van der Waals surface area contributed by atoms with Crippen LogP contribution >= 0.6 is 0 Å². The topological polar surface area (TPSA) is 141 Å². The van der Waals surface area contributed by atoms with Crippen LogP contribution in [0.25, 0.3) is 22.3 Å². The van der Waals surface area contributed by atoms with Crippen LogP contribution in [0.1, 0.15) is 40.9 Å². The van der Waals surface area contributed by atoms with Crippen LogP contribution in [-0.2, 0) is 19.1 Å². The Bertz CT molecular complexity index is 1970. The zero-order chi connectivity index (χ0) is 31.9. The second-order valence-corrected chi connectivity index (χ2v) is 13.6. The predicted molar refractivity (Wildman–Crippen MR) is 158 cm³/mol. The van der Waals surface area contributed by atoms with Crippen LogP contribution in [0.4, 0.5) is 8.78 Å². The quantitative estimate of drug-likeness (QED) is 0.223. The number of ketones is 1. The molecule has 44 heavy (non-hydrogen) atoms. The van der Waals surface area contributed by atoms with E-state index < -0.39 is 49.6 Å². The normalized spacial score (nSPS) is 16.8. The van der Waals surface area contributed by atoms with E-state index in [0.717, 1.165) is 18.2 Å². The fraction of sp³-hybridized carbons (Fsp3) is 0.182. The Kier molecular flexibility index (Phi) is 7.80. The number of hydrogen-bond acceptors (Lipinski definition) is 6. The van der Waals surface area contributed by atoms with Crippen molar-refractivity contribution in [3.63, 3.8) is 0 Å². The summed E-state index contributed by atoms with van der Waals surface area (Å²) in [6.45, 7) is 3.23. The van der Waals surface area contributed by atoms with E-state index in [1.807, 2.05) is 12.1 Å². The summed E-state index contributed by atoms with van der Waals surface area (Å²) in [6, 6.07) is 20.9. The van der Waals surface area contributed by atoms with Crippen LogP contribution in [0.5, 0.6) is 0 Å². The van der Waals surface area contributed by atoms with Gasteiger partial charge in [0.2, 0.25) is 0 Å². The minimum atomic E-state index is -5.54. The van der Waals surface area contributed by atoms with Gasteiger partial charge in [-0.25, -0.2) is 13.0 Å². The van der Waals surface area contributed by atoms with E-state index in [1.165, 1.54) is 60.7 Å². The summed E-state index contributed by atoms with van der Waals surface area (Å²) in [5, 5.41) is 19.3. The predicted octanol–water partition coefficient (Wildman–Crippen LogP) is 6.55. The Morgan fingerprint density at radius 1 is 0.909 bits per heavy atom. The van der Waals surface area contributed by atoms with Crippen LogP contribution < -0.4 is 0 Å². The van der Waals surface area contributed by atoms with Crippen LogP contribution in [0.15, 0.2) is 83.8 Å². The average Bonchev–Trinajstić information content (AvgIpc) is 3.32. The van der Waals surface area contributed by atoms with Crippen LogP contribution in [0.2, 0.25) is 0 Å². The number of nitrogens with zero attached hydrogens (tertiary/aromatic N) is 2. The smallest absolute Gasteiger partial charge is 0.193 e. The summed E-state index contributed by atoms with van der Waals surface area (Å²) >= 11 is 0. The first-order chi connectivity index (χ1) is 20.7. The Balaban J connectivity index is 1.65. The van der Waals surface area contributed by atoms with E-state index in [2.05, 4.69) is 0 Å². The Morgan fingerprint density at radius 2 is 1.52 bits per heavy atom. The van der Waals surface area contributed by atoms with Crippen LogP contribution in [0, 0.1) is 34.3 Å². The van der Waals surface area contributed by atoms with Gasteiger partial charge in [-0.15, -0.1) is 0 Å². The molecule has 1 atom stereocenters. The molecule has 8 nitrogen and oxygen atoms in total. The van der Waals surface area contributed by atoms with Gasteiger partial charge in [-0.3, -0.25) is 4.79 Å². The number of carbonyl (C=O) groups excluding carboxylic acids is 1. The molecule has 0 radical (unpaired) electrons. The number of benzene rings is 4. The van der Waals surface area contributed by atoms with Gasteiger partial charge in [0.15, 0.2) is 11.6 Å². The molecule has 0 bridgehead atoms. The second kappa shape index (κ2) is 11.1. The molecule has 0 spiro atoms. The van der Waals surface area contributed by atoms with Crippen molar-refractivity contribution in [2.45, 2.75) is 30.6 Å². The van der Waals surface area contributed by atoms with E-state index in [0.29, 0.717) is 0 Å². The van der Waals surface area contributed by atoms with Gasteiger partial charge in [-0.05, 0) is 55.3 Å². The molecule has 0 saturated carbocycles. The lowest BCUT2D eigenvalue weighted by molar-refractivity contribution is -0.136. The molecule has 11 heteroatoms. The number of carbonyl (C=O) groups is 1. The highest BCUT2D eigenvalue weighted by atomic mass is 32.3. The fourth-order valence-electron chi connectivity index (χ4n) is 5.20. The first-order valence-corrected chi connectivity index (χ1v) is 15.4. The SMILES string of the molecule is CC1(C)OCC(CS(=O)(O)(O)c2cccc(C(=O)c3cc(-c4cccc(F)c4C#N)ccc3-c3cccc(F)c3C#N)c2)O1. The lowest BCUT2D eigenvalue weighted by atomic mass is 9.88. The molecule has 1 aliphatic heterocycles. The molecule has 1 unspecified atom stereocenters. The number of hydrogen-bond donors (Lipinski definition) is 2. The average molecular weight is 617 g/mol. The number of ether oxygens (including phenoxy) is 2. The maximum atomic E-state index is 14.6. The summed E-state index contributed by atoms with van der Waals surface area (Å²) in [5.41, 5.74) is -0.0186. The lowest BCUT2D eigenvalue weighted by Crippen LogP contribution is -2.42. The molecule has 1 saturated heterocycles. The van der Waals surface area contributed by atoms with Gasteiger partial charge in [-0.1, -0.05) is 48.5 Å². The summed E-state index contributed by atoms with van der Waals surface area (Å²) in [7, 11) is -5.54. The summed E-state index contributed by atoms with van der Waals surface area (Å²) < 4.78 is 75.7. The molecule has 224 valence electrons. The Hall–Kier alpha value is -4.62. The number of nitriles is 2. The standard InChI is InChI=1S/C33H26F2N2O6S/c1-33(2)42-18-22(43-33)19-44(39,40,41)23-7-3-6-21(14-23)32(38)27-15-20(24-8-4-10-30(34)28(24)16-36)12-13-26(27)25-9-5-11-31(35)29(25)17-37/h3-15,22H,18-19H2,1-2H3,(H2,39,40,41). The van der Waals surface area contributed by atoms with Crippen molar-refractivity contribution in [1.29, 1.82) is 10.5 Å². The van der Waals surface area contributed by atoms with Gasteiger partial charge in [0, 0.05) is 22.3 Å².